The summed E-state index contributed by atoms with van der Waals surface area (Å²) in [6, 6.07) is 3.07. The van der Waals surface area contributed by atoms with Crippen LogP contribution in [-0.2, 0) is 15.9 Å². The monoisotopic (exact) mass is 197 g/mol. The Morgan fingerprint density at radius 2 is 1.92 bits per heavy atom. The maximum Gasteiger partial charge on any atom is 1.00 e. The molecule has 0 fully saturated rings. The van der Waals surface area contributed by atoms with Crippen molar-refractivity contribution in [1.29, 1.82) is 0 Å². The summed E-state index contributed by atoms with van der Waals surface area (Å²) in [5.74, 6) is -0.352. The van der Waals surface area contributed by atoms with Gasteiger partial charge in [0, 0.05) is 12.4 Å². The van der Waals surface area contributed by atoms with Crippen LogP contribution < -0.4 is 29.6 Å². The Balaban J connectivity index is 0. The van der Waals surface area contributed by atoms with E-state index < -0.39 is 10.1 Å². The molecule has 0 bridgehead atoms. The predicted octanol–water partition coefficient (Wildman–Crippen LogP) is -2.41. The Morgan fingerprint density at radius 3 is 2.33 bits per heavy atom. The Kier molecular flexibility index (Phi) is 4.96. The van der Waals surface area contributed by atoms with Crippen molar-refractivity contribution in [3.8, 4) is 0 Å². The zero-order chi connectivity index (χ0) is 8.32. The fourth-order valence-corrected chi connectivity index (χ4v) is 1.30. The summed E-state index contributed by atoms with van der Waals surface area (Å²) < 4.78 is 29.1. The molecular weight excluding hydrogens is 189 g/mol. The molecule has 0 unspecified atom stereocenters. The maximum atomic E-state index is 10.3. The first kappa shape index (κ1) is 12.1. The molecule has 1 rings (SSSR count). The van der Waals surface area contributed by atoms with Gasteiger partial charge in [0.05, 0.1) is 0 Å². The SMILES string of the molecule is O=S(=O)(O)Cc1ccncc1.[H-].[Na+]. The van der Waals surface area contributed by atoms with E-state index >= 15 is 0 Å². The van der Waals surface area contributed by atoms with Crippen LogP contribution in [0.5, 0.6) is 0 Å². The first-order valence-electron chi connectivity index (χ1n) is 2.92. The van der Waals surface area contributed by atoms with E-state index in [0.29, 0.717) is 5.56 Å². The van der Waals surface area contributed by atoms with Crippen LogP contribution >= 0.6 is 0 Å². The smallest absolute Gasteiger partial charge is 1.00 e. The fourth-order valence-electron chi connectivity index (χ4n) is 0.690. The van der Waals surface area contributed by atoms with Crippen LogP contribution in [0.3, 0.4) is 0 Å². The van der Waals surface area contributed by atoms with Gasteiger partial charge in [-0.1, -0.05) is 0 Å². The van der Waals surface area contributed by atoms with E-state index in [2.05, 4.69) is 4.98 Å². The van der Waals surface area contributed by atoms with Gasteiger partial charge in [0.15, 0.2) is 0 Å². The van der Waals surface area contributed by atoms with Crippen LogP contribution in [0.25, 0.3) is 0 Å². The molecule has 62 valence electrons. The number of rotatable bonds is 2. The zero-order valence-electron chi connectivity index (χ0n) is 7.64. The second-order valence-electron chi connectivity index (χ2n) is 2.08. The van der Waals surface area contributed by atoms with Gasteiger partial charge in [0.25, 0.3) is 10.1 Å². The van der Waals surface area contributed by atoms with Crippen LogP contribution in [0, 0.1) is 0 Å². The van der Waals surface area contributed by atoms with Crippen molar-refractivity contribution in [2.75, 3.05) is 0 Å². The van der Waals surface area contributed by atoms with Gasteiger partial charge in [-0.25, -0.2) is 0 Å². The molecule has 0 aliphatic rings. The number of aromatic nitrogens is 1. The van der Waals surface area contributed by atoms with Gasteiger partial charge in [-0.05, 0) is 17.7 Å². The Hall–Kier alpha value is 0.0600. The van der Waals surface area contributed by atoms with Crippen molar-refractivity contribution in [2.45, 2.75) is 5.75 Å². The third kappa shape index (κ3) is 4.84. The van der Waals surface area contributed by atoms with Crippen LogP contribution in [0.15, 0.2) is 24.5 Å². The average Bonchev–Trinajstić information content (AvgIpc) is 1.85. The molecule has 1 N–H and O–H groups in total. The Morgan fingerprint density at radius 1 is 1.42 bits per heavy atom. The molecule has 0 aliphatic carbocycles. The van der Waals surface area contributed by atoms with Crippen molar-refractivity contribution < 1.29 is 44.0 Å². The van der Waals surface area contributed by atoms with Gasteiger partial charge in [0.1, 0.15) is 5.75 Å². The molecule has 0 saturated heterocycles. The Bertz CT molecular complexity index is 329. The van der Waals surface area contributed by atoms with Gasteiger partial charge < -0.3 is 1.43 Å². The molecule has 12 heavy (non-hydrogen) atoms. The van der Waals surface area contributed by atoms with Crippen molar-refractivity contribution in [1.82, 2.24) is 4.98 Å². The summed E-state index contributed by atoms with van der Waals surface area (Å²) in [5.41, 5.74) is 0.530. The first-order chi connectivity index (χ1) is 5.08. The van der Waals surface area contributed by atoms with Crippen LogP contribution in [0.4, 0.5) is 0 Å². The van der Waals surface area contributed by atoms with Gasteiger partial charge in [-0.15, -0.1) is 0 Å². The molecule has 0 saturated carbocycles. The van der Waals surface area contributed by atoms with Gasteiger partial charge in [-0.2, -0.15) is 8.42 Å². The summed E-state index contributed by atoms with van der Waals surface area (Å²) in [6.07, 6.45) is 2.95. The average molecular weight is 197 g/mol. The van der Waals surface area contributed by atoms with Gasteiger partial charge >= 0.3 is 29.6 Å². The molecule has 0 radical (unpaired) electrons. The standard InChI is InChI=1S/C6H7NO3S.Na.H/c8-11(9,10)5-6-1-3-7-4-2-6;;/h1-4H,5H2,(H,8,9,10);;/q;+1;-1. The van der Waals surface area contributed by atoms with E-state index in [1.807, 2.05) is 0 Å². The van der Waals surface area contributed by atoms with Crippen LogP contribution in [-0.4, -0.2) is 18.0 Å². The van der Waals surface area contributed by atoms with E-state index in [1.54, 1.807) is 0 Å². The third-order valence-corrected chi connectivity index (χ3v) is 1.80. The molecule has 0 aromatic carbocycles. The number of nitrogens with zero attached hydrogens (tertiary/aromatic N) is 1. The Labute approximate surface area is 94.5 Å². The summed E-state index contributed by atoms with van der Waals surface area (Å²) in [6.45, 7) is 0. The second kappa shape index (κ2) is 4.94. The predicted molar refractivity (Wildman–Crippen MR) is 40.6 cm³/mol. The van der Waals surface area contributed by atoms with E-state index in [-0.39, 0.29) is 36.7 Å². The minimum absolute atomic E-state index is 0. The first-order valence-corrected chi connectivity index (χ1v) is 4.53. The molecule has 0 aliphatic heterocycles. The molecular formula is C6H8NNaO3S. The van der Waals surface area contributed by atoms with Crippen molar-refractivity contribution in [3.63, 3.8) is 0 Å². The van der Waals surface area contributed by atoms with Crippen LogP contribution in [0.2, 0.25) is 0 Å². The van der Waals surface area contributed by atoms with Gasteiger partial charge in [-0.3, -0.25) is 9.54 Å². The van der Waals surface area contributed by atoms with Crippen molar-refractivity contribution in [2.24, 2.45) is 0 Å². The molecule has 0 spiro atoms. The summed E-state index contributed by atoms with van der Waals surface area (Å²) in [4.78, 5) is 3.70. The molecule has 1 aromatic heterocycles. The molecule has 4 nitrogen and oxygen atoms in total. The van der Waals surface area contributed by atoms with E-state index in [0.717, 1.165) is 0 Å². The van der Waals surface area contributed by atoms with Crippen molar-refractivity contribution in [3.05, 3.63) is 30.1 Å². The van der Waals surface area contributed by atoms with E-state index in [1.165, 1.54) is 24.5 Å². The minimum Gasteiger partial charge on any atom is -1.00 e. The minimum atomic E-state index is -3.90. The number of hydrogen-bond acceptors (Lipinski definition) is 3. The normalized spacial score (nSPS) is 10.4. The second-order valence-corrected chi connectivity index (χ2v) is 3.53. The van der Waals surface area contributed by atoms with E-state index in [4.69, 9.17) is 4.55 Å². The quantitative estimate of drug-likeness (QED) is 0.423. The van der Waals surface area contributed by atoms with E-state index in [9.17, 15) is 8.42 Å². The summed E-state index contributed by atoms with van der Waals surface area (Å²) in [5, 5.41) is 0. The van der Waals surface area contributed by atoms with Crippen LogP contribution in [0.1, 0.15) is 6.99 Å². The fraction of sp³-hybridized carbons (Fsp3) is 0.167. The molecule has 1 aromatic rings. The summed E-state index contributed by atoms with van der Waals surface area (Å²) >= 11 is 0. The van der Waals surface area contributed by atoms with Crippen molar-refractivity contribution >= 4 is 10.1 Å². The topological polar surface area (TPSA) is 67.3 Å². The van der Waals surface area contributed by atoms with Gasteiger partial charge in [0.2, 0.25) is 0 Å². The maximum absolute atomic E-state index is 10.3. The zero-order valence-corrected chi connectivity index (χ0v) is 9.45. The molecule has 6 heteroatoms. The number of hydrogen-bond donors (Lipinski definition) is 1. The largest absolute Gasteiger partial charge is 1.00 e. The molecule has 0 atom stereocenters. The molecule has 1 heterocycles. The number of pyridine rings is 1. The summed E-state index contributed by atoms with van der Waals surface area (Å²) in [7, 11) is -3.90. The molecule has 0 amide bonds. The third-order valence-electron chi connectivity index (χ3n) is 1.10.